The Hall–Kier alpha value is -2.18. The van der Waals surface area contributed by atoms with Gasteiger partial charge in [0.1, 0.15) is 11.4 Å². The summed E-state index contributed by atoms with van der Waals surface area (Å²) in [5.74, 6) is 0.499. The van der Waals surface area contributed by atoms with Gasteiger partial charge >= 0.3 is 10.2 Å². The molecule has 0 aromatic heterocycles. The predicted octanol–water partition coefficient (Wildman–Crippen LogP) is 2.86. The van der Waals surface area contributed by atoms with Crippen LogP contribution in [0, 0.1) is 0 Å². The summed E-state index contributed by atoms with van der Waals surface area (Å²) in [7, 11) is -0.140. The van der Waals surface area contributed by atoms with E-state index in [1.807, 2.05) is 88.6 Å². The molecule has 132 valence electrons. The molecule has 0 N–H and O–H groups in total. The summed E-state index contributed by atoms with van der Waals surface area (Å²) in [6.45, 7) is 3.76. The standard InChI is InChI=1S/C19H23N3O2S/c1-15(2)22-19(16-11-7-5-8-12-16,17-13-9-6-10-14-17)18(21(3)4)20-25(22,23)24/h5-15H,1-4H3. The van der Waals surface area contributed by atoms with Gasteiger partial charge in [-0.25, -0.2) is 0 Å². The zero-order valence-electron chi connectivity index (χ0n) is 14.9. The van der Waals surface area contributed by atoms with Gasteiger partial charge in [-0.3, -0.25) is 0 Å². The average Bonchev–Trinajstić information content (AvgIpc) is 2.85. The molecule has 5 nitrogen and oxygen atoms in total. The first-order valence-electron chi connectivity index (χ1n) is 8.25. The van der Waals surface area contributed by atoms with Crippen molar-refractivity contribution < 1.29 is 8.42 Å². The molecule has 0 bridgehead atoms. The first-order valence-corrected chi connectivity index (χ1v) is 9.64. The molecule has 0 saturated heterocycles. The van der Waals surface area contributed by atoms with Crippen LogP contribution in [0.5, 0.6) is 0 Å². The van der Waals surface area contributed by atoms with Crippen LogP contribution in [0.1, 0.15) is 25.0 Å². The summed E-state index contributed by atoms with van der Waals surface area (Å²) in [5, 5.41) is 0. The van der Waals surface area contributed by atoms with Crippen molar-refractivity contribution in [1.29, 1.82) is 0 Å². The molecule has 0 aliphatic carbocycles. The number of rotatable bonds is 3. The highest BCUT2D eigenvalue weighted by atomic mass is 32.2. The van der Waals surface area contributed by atoms with Crippen LogP contribution in [0.2, 0.25) is 0 Å². The third kappa shape index (κ3) is 2.65. The Morgan fingerprint density at radius 2 is 1.36 bits per heavy atom. The van der Waals surface area contributed by atoms with E-state index in [-0.39, 0.29) is 6.04 Å². The summed E-state index contributed by atoms with van der Waals surface area (Å²) in [4.78, 5) is 1.79. The first-order chi connectivity index (χ1) is 11.8. The lowest BCUT2D eigenvalue weighted by Crippen LogP contribution is -2.55. The third-order valence-corrected chi connectivity index (χ3v) is 5.98. The topological polar surface area (TPSA) is 53.0 Å². The molecule has 0 fully saturated rings. The number of hydrogen-bond donors (Lipinski definition) is 0. The van der Waals surface area contributed by atoms with Crippen LogP contribution in [0.3, 0.4) is 0 Å². The molecule has 0 radical (unpaired) electrons. The number of hydrogen-bond acceptors (Lipinski definition) is 3. The minimum Gasteiger partial charge on any atom is -0.363 e. The molecule has 6 heteroatoms. The van der Waals surface area contributed by atoms with Crippen molar-refractivity contribution in [1.82, 2.24) is 9.21 Å². The molecule has 0 spiro atoms. The van der Waals surface area contributed by atoms with Gasteiger partial charge in [-0.05, 0) is 25.0 Å². The predicted molar refractivity (Wildman–Crippen MR) is 101 cm³/mol. The maximum Gasteiger partial charge on any atom is 0.325 e. The number of likely N-dealkylation sites (N-methyl/N-ethyl adjacent to an activating group) is 1. The number of amidine groups is 1. The van der Waals surface area contributed by atoms with Crippen LogP contribution in [-0.4, -0.2) is 43.6 Å². The third-order valence-electron chi connectivity index (χ3n) is 4.38. The van der Waals surface area contributed by atoms with Crippen molar-refractivity contribution in [3.05, 3.63) is 71.8 Å². The number of benzene rings is 2. The zero-order chi connectivity index (χ0) is 18.2. The van der Waals surface area contributed by atoms with Gasteiger partial charge < -0.3 is 4.90 Å². The summed E-state index contributed by atoms with van der Waals surface area (Å²) >= 11 is 0. The van der Waals surface area contributed by atoms with Crippen molar-refractivity contribution in [2.75, 3.05) is 14.1 Å². The highest BCUT2D eigenvalue weighted by molar-refractivity contribution is 7.88. The maximum absolute atomic E-state index is 13.0. The molecule has 1 aliphatic heterocycles. The smallest absolute Gasteiger partial charge is 0.325 e. The van der Waals surface area contributed by atoms with Crippen LogP contribution in [0.25, 0.3) is 0 Å². The molecule has 0 amide bonds. The van der Waals surface area contributed by atoms with Gasteiger partial charge in [0.25, 0.3) is 0 Å². The van der Waals surface area contributed by atoms with Crippen molar-refractivity contribution in [2.24, 2.45) is 4.40 Å². The lowest BCUT2D eigenvalue weighted by molar-refractivity contribution is 0.257. The van der Waals surface area contributed by atoms with E-state index in [2.05, 4.69) is 4.40 Å². The van der Waals surface area contributed by atoms with Crippen LogP contribution in [-0.2, 0) is 15.7 Å². The minimum absolute atomic E-state index is 0.258. The highest BCUT2D eigenvalue weighted by Crippen LogP contribution is 2.45. The second kappa shape index (κ2) is 6.28. The molecule has 1 heterocycles. The quantitative estimate of drug-likeness (QED) is 0.849. The van der Waals surface area contributed by atoms with E-state index in [4.69, 9.17) is 0 Å². The van der Waals surface area contributed by atoms with Crippen LogP contribution >= 0.6 is 0 Å². The van der Waals surface area contributed by atoms with Gasteiger partial charge in [0.15, 0.2) is 0 Å². The molecule has 2 aromatic carbocycles. The molecular weight excluding hydrogens is 334 g/mol. The van der Waals surface area contributed by atoms with Crippen molar-refractivity contribution >= 4 is 16.0 Å². The van der Waals surface area contributed by atoms with Crippen LogP contribution < -0.4 is 0 Å². The molecule has 0 atom stereocenters. The summed E-state index contributed by atoms with van der Waals surface area (Å²) < 4.78 is 31.7. The Balaban J connectivity index is 2.45. The SMILES string of the molecule is CC(C)N1C(c2ccccc2)(c2ccccc2)C(N(C)C)=NS1(=O)=O. The Bertz CT molecular complexity index is 836. The lowest BCUT2D eigenvalue weighted by atomic mass is 9.80. The van der Waals surface area contributed by atoms with E-state index in [9.17, 15) is 8.42 Å². The molecular formula is C19H23N3O2S. The van der Waals surface area contributed by atoms with Crippen LogP contribution in [0.15, 0.2) is 65.1 Å². The van der Waals surface area contributed by atoms with Gasteiger partial charge in [0, 0.05) is 20.1 Å². The van der Waals surface area contributed by atoms with E-state index >= 15 is 0 Å². The summed E-state index contributed by atoms with van der Waals surface area (Å²) in [6.07, 6.45) is 0. The van der Waals surface area contributed by atoms with Crippen LogP contribution in [0.4, 0.5) is 0 Å². The fourth-order valence-electron chi connectivity index (χ4n) is 3.59. The molecule has 0 unspecified atom stereocenters. The Morgan fingerprint density at radius 1 is 0.920 bits per heavy atom. The summed E-state index contributed by atoms with van der Waals surface area (Å²) in [5.41, 5.74) is 0.769. The minimum atomic E-state index is -3.80. The fraction of sp³-hybridized carbons (Fsp3) is 0.316. The molecule has 2 aromatic rings. The van der Waals surface area contributed by atoms with E-state index < -0.39 is 15.7 Å². The zero-order valence-corrected chi connectivity index (χ0v) is 15.7. The van der Waals surface area contributed by atoms with E-state index in [1.54, 1.807) is 4.90 Å². The maximum atomic E-state index is 13.0. The Kier molecular flexibility index (Phi) is 4.43. The van der Waals surface area contributed by atoms with E-state index in [1.165, 1.54) is 4.31 Å². The Labute approximate surface area is 149 Å². The van der Waals surface area contributed by atoms with Crippen molar-refractivity contribution in [2.45, 2.75) is 25.4 Å². The fourth-order valence-corrected chi connectivity index (χ4v) is 5.36. The largest absolute Gasteiger partial charge is 0.363 e. The Morgan fingerprint density at radius 3 is 1.72 bits per heavy atom. The monoisotopic (exact) mass is 357 g/mol. The molecule has 3 rings (SSSR count). The van der Waals surface area contributed by atoms with Gasteiger partial charge in [0.05, 0.1) is 0 Å². The van der Waals surface area contributed by atoms with Crippen molar-refractivity contribution in [3.8, 4) is 0 Å². The average molecular weight is 357 g/mol. The van der Waals surface area contributed by atoms with Crippen molar-refractivity contribution in [3.63, 3.8) is 0 Å². The van der Waals surface area contributed by atoms with E-state index in [0.717, 1.165) is 11.1 Å². The lowest BCUT2D eigenvalue weighted by Gasteiger charge is -2.42. The van der Waals surface area contributed by atoms with Gasteiger partial charge in [-0.2, -0.15) is 12.7 Å². The molecule has 25 heavy (non-hydrogen) atoms. The summed E-state index contributed by atoms with van der Waals surface area (Å²) in [6, 6.07) is 19.2. The van der Waals surface area contributed by atoms with Gasteiger partial charge in [-0.1, -0.05) is 60.7 Å². The first kappa shape index (κ1) is 17.6. The van der Waals surface area contributed by atoms with E-state index in [0.29, 0.717) is 5.84 Å². The second-order valence-electron chi connectivity index (χ2n) is 6.62. The van der Waals surface area contributed by atoms with Gasteiger partial charge in [0.2, 0.25) is 0 Å². The van der Waals surface area contributed by atoms with Gasteiger partial charge in [-0.15, -0.1) is 4.40 Å². The highest BCUT2D eigenvalue weighted by Gasteiger charge is 2.57. The second-order valence-corrected chi connectivity index (χ2v) is 8.09. The molecule has 1 aliphatic rings. The molecule has 0 saturated carbocycles. The normalized spacial score (nSPS) is 19.0. The number of nitrogens with zero attached hydrogens (tertiary/aromatic N) is 3.